The number of aliphatic hydroxyl groups is 1. The largest absolute Gasteiger partial charge is 0.446 e. The summed E-state index contributed by atoms with van der Waals surface area (Å²) in [7, 11) is 0. The molecule has 0 saturated carbocycles. The number of nitrogens with zero attached hydrogens (tertiary/aromatic N) is 4. The molecular weight excluding hydrogens is 469 g/mol. The van der Waals surface area contributed by atoms with Gasteiger partial charge in [0, 0.05) is 13.1 Å². The number of rotatable bonds is 5. The maximum absolute atomic E-state index is 12.7. The number of amidine groups is 1. The number of alkyl halides is 4. The molecule has 1 unspecified atom stereocenters. The molecule has 0 bridgehead atoms. The molecule has 1 aromatic rings. The molecule has 3 rings (SSSR count). The Morgan fingerprint density at radius 2 is 2.03 bits per heavy atom. The number of hydrogen-bond acceptors (Lipinski definition) is 7. The molecule has 1 aromatic carbocycles. The summed E-state index contributed by atoms with van der Waals surface area (Å²) in [4.78, 5) is 31.1. The maximum atomic E-state index is 12.7. The minimum Gasteiger partial charge on any atom is -0.446 e. The monoisotopic (exact) mass is 488 g/mol. The fraction of sp³-hybridized carbons (Fsp3) is 0.450. The number of ether oxygens (including phenoxy) is 1. The SMILES string of the molecule is CC(O)(COC(=O)N1CC=C(c2ccc(C(F)(F)F)cc2)CC1)C[C@@]1(Cl)N=CC([N+](=O)[O-])=N1. The summed E-state index contributed by atoms with van der Waals surface area (Å²) >= 11 is 6.10. The van der Waals surface area contributed by atoms with Crippen LogP contribution in [0.25, 0.3) is 5.57 Å². The van der Waals surface area contributed by atoms with Crippen molar-refractivity contribution in [3.05, 3.63) is 51.6 Å². The second-order valence-corrected chi connectivity index (χ2v) is 8.54. The molecule has 0 fully saturated rings. The van der Waals surface area contributed by atoms with Gasteiger partial charge < -0.3 is 24.9 Å². The molecule has 1 N–H and O–H groups in total. The van der Waals surface area contributed by atoms with Crippen molar-refractivity contribution in [2.24, 2.45) is 9.98 Å². The first-order chi connectivity index (χ1) is 15.3. The number of carbonyl (C=O) groups is 1. The summed E-state index contributed by atoms with van der Waals surface area (Å²) < 4.78 is 43.3. The summed E-state index contributed by atoms with van der Waals surface area (Å²) in [6, 6.07) is 4.80. The number of halogens is 4. The molecule has 1 amide bonds. The zero-order valence-corrected chi connectivity index (χ0v) is 18.1. The first-order valence-corrected chi connectivity index (χ1v) is 10.1. The van der Waals surface area contributed by atoms with Crippen molar-refractivity contribution in [2.75, 3.05) is 19.7 Å². The predicted octanol–water partition coefficient (Wildman–Crippen LogP) is 3.72. The zero-order chi connectivity index (χ0) is 24.4. The van der Waals surface area contributed by atoms with E-state index >= 15 is 0 Å². The molecule has 13 heteroatoms. The molecule has 2 aliphatic heterocycles. The van der Waals surface area contributed by atoms with E-state index in [2.05, 4.69) is 9.98 Å². The van der Waals surface area contributed by atoms with Gasteiger partial charge >= 0.3 is 23.2 Å². The molecule has 2 atom stereocenters. The second-order valence-electron chi connectivity index (χ2n) is 7.93. The van der Waals surface area contributed by atoms with E-state index in [4.69, 9.17) is 16.3 Å². The minimum absolute atomic E-state index is 0.178. The fourth-order valence-electron chi connectivity index (χ4n) is 3.38. The highest BCUT2D eigenvalue weighted by molar-refractivity contribution is 6.33. The molecular formula is C20H20ClF3N4O5. The molecule has 9 nitrogen and oxygen atoms in total. The van der Waals surface area contributed by atoms with Crippen molar-refractivity contribution in [1.29, 1.82) is 0 Å². The van der Waals surface area contributed by atoms with Gasteiger partial charge in [0.15, 0.2) is 0 Å². The quantitative estimate of drug-likeness (QED) is 0.293. The van der Waals surface area contributed by atoms with Gasteiger partial charge in [-0.1, -0.05) is 18.2 Å². The predicted molar refractivity (Wildman–Crippen MR) is 114 cm³/mol. The Morgan fingerprint density at radius 3 is 2.55 bits per heavy atom. The van der Waals surface area contributed by atoms with Crippen molar-refractivity contribution in [1.82, 2.24) is 4.90 Å². The number of hydrogen-bond donors (Lipinski definition) is 1. The van der Waals surface area contributed by atoms with E-state index < -0.39 is 45.9 Å². The third-order valence-electron chi connectivity index (χ3n) is 5.01. The molecule has 0 aromatic heterocycles. The van der Waals surface area contributed by atoms with E-state index in [1.165, 1.54) is 24.0 Å². The van der Waals surface area contributed by atoms with E-state index in [0.717, 1.165) is 23.9 Å². The second kappa shape index (κ2) is 9.10. The number of nitro groups is 1. The Balaban J connectivity index is 1.53. The lowest BCUT2D eigenvalue weighted by Gasteiger charge is -2.29. The number of benzene rings is 1. The molecule has 2 aliphatic rings. The summed E-state index contributed by atoms with van der Waals surface area (Å²) in [5.41, 5.74) is -0.954. The molecule has 2 heterocycles. The highest BCUT2D eigenvalue weighted by atomic mass is 35.5. The van der Waals surface area contributed by atoms with Crippen LogP contribution in [0.2, 0.25) is 0 Å². The Bertz CT molecular complexity index is 1020. The van der Waals surface area contributed by atoms with Crippen molar-refractivity contribution >= 4 is 35.3 Å². The third-order valence-corrected chi connectivity index (χ3v) is 5.33. The topological polar surface area (TPSA) is 118 Å². The van der Waals surface area contributed by atoms with E-state index in [9.17, 15) is 33.2 Å². The van der Waals surface area contributed by atoms with Crippen LogP contribution in [0.15, 0.2) is 40.3 Å². The van der Waals surface area contributed by atoms with E-state index in [0.29, 0.717) is 12.0 Å². The summed E-state index contributed by atoms with van der Waals surface area (Å²) in [5.74, 6) is -0.540. The van der Waals surface area contributed by atoms with E-state index in [-0.39, 0.29) is 19.5 Å². The van der Waals surface area contributed by atoms with Crippen LogP contribution >= 0.6 is 11.6 Å². The van der Waals surface area contributed by atoms with Crippen LogP contribution in [0.1, 0.15) is 30.9 Å². The van der Waals surface area contributed by atoms with E-state index in [1.54, 1.807) is 6.08 Å². The maximum Gasteiger partial charge on any atom is 0.416 e. The van der Waals surface area contributed by atoms with Crippen molar-refractivity contribution in [3.63, 3.8) is 0 Å². The lowest BCUT2D eigenvalue weighted by Crippen LogP contribution is -2.41. The van der Waals surface area contributed by atoms with Gasteiger partial charge in [0.05, 0.1) is 12.0 Å². The molecule has 0 saturated heterocycles. The molecule has 33 heavy (non-hydrogen) atoms. The van der Waals surface area contributed by atoms with Crippen molar-refractivity contribution < 1.29 is 32.7 Å². The van der Waals surface area contributed by atoms with Gasteiger partial charge in [-0.3, -0.25) is 0 Å². The molecule has 0 radical (unpaired) electrons. The summed E-state index contributed by atoms with van der Waals surface area (Å²) in [6.07, 6.45) is -2.42. The third kappa shape index (κ3) is 6.29. The Kier molecular flexibility index (Phi) is 6.80. The van der Waals surface area contributed by atoms with Crippen LogP contribution in [0.5, 0.6) is 0 Å². The van der Waals surface area contributed by atoms with Gasteiger partial charge in [0.25, 0.3) is 0 Å². The minimum atomic E-state index is -4.41. The smallest absolute Gasteiger partial charge is 0.416 e. The Labute approximate surface area is 191 Å². The van der Waals surface area contributed by atoms with Crippen LogP contribution in [0.3, 0.4) is 0 Å². The summed E-state index contributed by atoms with van der Waals surface area (Å²) in [6.45, 7) is 1.33. The normalized spacial score (nSPS) is 22.4. The number of amides is 1. The molecule has 178 valence electrons. The average Bonchev–Trinajstić information content (AvgIpc) is 3.13. The average molecular weight is 489 g/mol. The highest BCUT2D eigenvalue weighted by Crippen LogP contribution is 2.33. The van der Waals surface area contributed by atoms with Crippen molar-refractivity contribution in [2.45, 2.75) is 36.7 Å². The van der Waals surface area contributed by atoms with Crippen LogP contribution in [-0.2, 0) is 10.9 Å². The fourth-order valence-corrected chi connectivity index (χ4v) is 3.80. The first kappa shape index (κ1) is 24.6. The van der Waals surface area contributed by atoms with Gasteiger partial charge in [0.1, 0.15) is 18.4 Å². The zero-order valence-electron chi connectivity index (χ0n) is 17.4. The number of carbonyl (C=O) groups excluding carboxylic acids is 1. The van der Waals surface area contributed by atoms with Crippen LogP contribution in [0, 0.1) is 10.1 Å². The van der Waals surface area contributed by atoms with Crippen LogP contribution < -0.4 is 0 Å². The van der Waals surface area contributed by atoms with Gasteiger partial charge in [-0.15, -0.1) is 0 Å². The Hall–Kier alpha value is -2.99. The molecule has 0 spiro atoms. The van der Waals surface area contributed by atoms with Gasteiger partial charge in [-0.05, 0) is 58.1 Å². The Morgan fingerprint density at radius 1 is 1.36 bits per heavy atom. The lowest BCUT2D eigenvalue weighted by atomic mass is 9.98. The highest BCUT2D eigenvalue weighted by Gasteiger charge is 2.45. The van der Waals surface area contributed by atoms with Gasteiger partial charge in [0.2, 0.25) is 0 Å². The summed E-state index contributed by atoms with van der Waals surface area (Å²) in [5, 5.41) is 19.5. The van der Waals surface area contributed by atoms with Crippen molar-refractivity contribution in [3.8, 4) is 0 Å². The van der Waals surface area contributed by atoms with Gasteiger partial charge in [-0.2, -0.15) is 13.2 Å². The van der Waals surface area contributed by atoms with Gasteiger partial charge in [-0.25, -0.2) is 9.79 Å². The number of aliphatic imine (C=N–C) groups is 2. The van der Waals surface area contributed by atoms with Crippen LogP contribution in [-0.4, -0.2) is 63.5 Å². The lowest BCUT2D eigenvalue weighted by molar-refractivity contribution is -0.345. The van der Waals surface area contributed by atoms with E-state index in [1.807, 2.05) is 0 Å². The first-order valence-electron chi connectivity index (χ1n) is 9.77. The standard InChI is InChI=1S/C20H20ClF3N4O5/c1-18(30,11-19(21)25-10-16(26-19)28(31)32)12-33-17(29)27-8-6-14(7-9-27)13-2-4-15(5-3-13)20(22,23)24/h2-6,10,30H,7-9,11-12H2,1H3/t18?,19-/m1/s1. The van der Waals surface area contributed by atoms with Crippen LogP contribution in [0.4, 0.5) is 18.0 Å². The molecule has 0 aliphatic carbocycles.